The molecule has 0 spiro atoms. The first-order valence-electron chi connectivity index (χ1n) is 34.3. The normalized spacial score (nSPS) is 13.6. The van der Waals surface area contributed by atoms with E-state index in [-0.39, 0.29) is 38.6 Å². The smallest absolute Gasteiger partial charge is 0.306 e. The molecule has 0 saturated heterocycles. The molecule has 0 fully saturated rings. The number of hydrogen-bond donors (Lipinski definition) is 0. The molecule has 0 amide bonds. The Morgan fingerprint density at radius 2 is 0.671 bits per heavy atom. The Morgan fingerprint density at radius 1 is 0.365 bits per heavy atom. The first kappa shape index (κ1) is 80.4. The summed E-state index contributed by atoms with van der Waals surface area (Å²) in [5.41, 5.74) is 0. The molecular weight excluding hydrogens is 1050 g/mol. The number of allylic oxidation sites excluding steroid dienone is 22. The number of rotatable bonds is 62. The van der Waals surface area contributed by atoms with E-state index in [1.807, 2.05) is 21.1 Å². The molecule has 484 valence electrons. The van der Waals surface area contributed by atoms with Gasteiger partial charge in [0.1, 0.15) is 13.2 Å². The Hall–Kier alpha value is -4.57. The van der Waals surface area contributed by atoms with Crippen LogP contribution >= 0.6 is 0 Å². The van der Waals surface area contributed by atoms with E-state index in [1.165, 1.54) is 116 Å². The van der Waals surface area contributed by atoms with Crippen LogP contribution in [0.25, 0.3) is 0 Å². The molecule has 0 heterocycles. The zero-order valence-electron chi connectivity index (χ0n) is 55.2. The van der Waals surface area contributed by atoms with Crippen molar-refractivity contribution in [2.45, 2.75) is 283 Å². The summed E-state index contributed by atoms with van der Waals surface area (Å²) in [4.78, 5) is 37.5. The maximum Gasteiger partial charge on any atom is 0.306 e. The fourth-order valence-electron chi connectivity index (χ4n) is 9.15. The van der Waals surface area contributed by atoms with Gasteiger partial charge in [-0.05, 0) is 116 Å². The summed E-state index contributed by atoms with van der Waals surface area (Å²) in [5, 5.41) is 11.8. The van der Waals surface area contributed by atoms with Crippen molar-refractivity contribution in [1.82, 2.24) is 0 Å². The third kappa shape index (κ3) is 66.8. The van der Waals surface area contributed by atoms with Gasteiger partial charge in [-0.25, -0.2) is 0 Å². The summed E-state index contributed by atoms with van der Waals surface area (Å²) in [7, 11) is 5.92. The predicted molar refractivity (Wildman–Crippen MR) is 361 cm³/mol. The highest BCUT2D eigenvalue weighted by atomic mass is 16.7. The molecule has 9 nitrogen and oxygen atoms in total. The largest absolute Gasteiger partial charge is 0.545 e. The molecule has 0 aromatic heterocycles. The van der Waals surface area contributed by atoms with E-state index in [9.17, 15) is 19.5 Å². The van der Waals surface area contributed by atoms with Gasteiger partial charge in [0.15, 0.2) is 12.4 Å². The van der Waals surface area contributed by atoms with Crippen molar-refractivity contribution < 1.29 is 42.9 Å². The lowest BCUT2D eigenvalue weighted by atomic mass is 10.0. The number of likely N-dealkylation sites (N-methyl/N-ethyl adjacent to an activating group) is 1. The van der Waals surface area contributed by atoms with E-state index in [2.05, 4.69) is 148 Å². The Labute approximate surface area is 522 Å². The molecule has 2 unspecified atom stereocenters. The van der Waals surface area contributed by atoms with Crippen LogP contribution in [0.15, 0.2) is 134 Å². The fraction of sp³-hybridized carbons (Fsp3) is 0.671. The number of esters is 2. The van der Waals surface area contributed by atoms with Crippen molar-refractivity contribution in [3.05, 3.63) is 134 Å². The van der Waals surface area contributed by atoms with Crippen molar-refractivity contribution in [3.63, 3.8) is 0 Å². The number of hydrogen-bond acceptors (Lipinski definition) is 8. The molecule has 0 bridgehead atoms. The number of carbonyl (C=O) groups excluding carboxylic acids is 3. The minimum atomic E-state index is -1.63. The fourth-order valence-corrected chi connectivity index (χ4v) is 9.15. The molecule has 0 saturated carbocycles. The van der Waals surface area contributed by atoms with Crippen LogP contribution in [0.2, 0.25) is 0 Å². The van der Waals surface area contributed by atoms with Crippen LogP contribution in [-0.2, 0) is 33.3 Å². The van der Waals surface area contributed by atoms with E-state index in [4.69, 9.17) is 18.9 Å². The van der Waals surface area contributed by atoms with Crippen molar-refractivity contribution in [1.29, 1.82) is 0 Å². The van der Waals surface area contributed by atoms with Gasteiger partial charge in [-0.15, -0.1) is 0 Å². The van der Waals surface area contributed by atoms with Gasteiger partial charge in [-0.1, -0.05) is 276 Å². The molecule has 0 aliphatic heterocycles. The van der Waals surface area contributed by atoms with Gasteiger partial charge in [-0.2, -0.15) is 0 Å². The Morgan fingerprint density at radius 3 is 1.00 bits per heavy atom. The number of carbonyl (C=O) groups is 3. The van der Waals surface area contributed by atoms with E-state index < -0.39 is 24.3 Å². The molecule has 0 rings (SSSR count). The maximum absolute atomic E-state index is 12.9. The topological polar surface area (TPSA) is 111 Å². The zero-order valence-corrected chi connectivity index (χ0v) is 55.2. The van der Waals surface area contributed by atoms with Gasteiger partial charge in [0.05, 0.1) is 40.3 Å². The predicted octanol–water partition coefficient (Wildman–Crippen LogP) is 20.0. The average Bonchev–Trinajstić information content (AvgIpc) is 3.49. The number of aliphatic carboxylic acids is 1. The van der Waals surface area contributed by atoms with Crippen molar-refractivity contribution in [3.8, 4) is 0 Å². The van der Waals surface area contributed by atoms with Crippen LogP contribution in [0.3, 0.4) is 0 Å². The summed E-state index contributed by atoms with van der Waals surface area (Å²) < 4.78 is 22.8. The van der Waals surface area contributed by atoms with Crippen LogP contribution in [0, 0.1) is 0 Å². The number of carboxylic acid groups (broad SMARTS) is 1. The molecule has 9 heteroatoms. The molecule has 0 N–H and O–H groups in total. The second kappa shape index (κ2) is 65.4. The number of unbranched alkanes of at least 4 members (excludes halogenated alkanes) is 25. The van der Waals surface area contributed by atoms with Crippen LogP contribution in [0.1, 0.15) is 271 Å². The maximum atomic E-state index is 12.9. The molecule has 0 aromatic carbocycles. The van der Waals surface area contributed by atoms with Crippen molar-refractivity contribution in [2.24, 2.45) is 0 Å². The summed E-state index contributed by atoms with van der Waals surface area (Å²) in [6.07, 6.45) is 90.9. The SMILES string of the molecule is CC/C=C\C/C=C\C/C=C\C/C=C\C/C=C\C/C=C\C/C=C\C/C=C\CCCCCCCCC(=O)OC(COC(=O)CCCCCCCCCCCCCCCC/C=C\C/C=C\C/C=C\CCCCCCC)COC(OCC[N+](C)(C)C)C(=O)[O-]. The third-order valence-corrected chi connectivity index (χ3v) is 14.4. The quantitative estimate of drug-likeness (QED) is 0.0195. The molecule has 0 aliphatic carbocycles. The van der Waals surface area contributed by atoms with E-state index in [1.54, 1.807) is 0 Å². The van der Waals surface area contributed by atoms with Crippen LogP contribution in [0.5, 0.6) is 0 Å². The molecule has 0 radical (unpaired) electrons. The average molecular weight is 1180 g/mol. The number of carboxylic acids is 1. The first-order chi connectivity index (χ1) is 41.6. The van der Waals surface area contributed by atoms with Crippen LogP contribution < -0.4 is 5.11 Å². The van der Waals surface area contributed by atoms with E-state index in [0.717, 1.165) is 122 Å². The number of ether oxygens (including phenoxy) is 4. The molecular formula is C76H127NO8. The summed E-state index contributed by atoms with van der Waals surface area (Å²) in [6, 6.07) is 0. The monoisotopic (exact) mass is 1180 g/mol. The van der Waals surface area contributed by atoms with Crippen molar-refractivity contribution in [2.75, 3.05) is 47.5 Å². The van der Waals surface area contributed by atoms with Gasteiger partial charge in [0, 0.05) is 12.8 Å². The lowest BCUT2D eigenvalue weighted by Crippen LogP contribution is -2.44. The van der Waals surface area contributed by atoms with Crippen LogP contribution in [0.4, 0.5) is 0 Å². The highest BCUT2D eigenvalue weighted by Gasteiger charge is 2.22. The molecule has 85 heavy (non-hydrogen) atoms. The minimum absolute atomic E-state index is 0.138. The molecule has 2 atom stereocenters. The number of quaternary nitrogens is 1. The van der Waals surface area contributed by atoms with Gasteiger partial charge < -0.3 is 33.3 Å². The lowest BCUT2D eigenvalue weighted by molar-refractivity contribution is -0.870. The zero-order chi connectivity index (χ0) is 61.9. The van der Waals surface area contributed by atoms with Gasteiger partial charge in [0.2, 0.25) is 0 Å². The Kier molecular flexibility index (Phi) is 61.9. The standard InChI is InChI=1S/C76H127NO8/c1-6-8-10-12-14-16-18-20-22-24-26-28-30-32-34-36-37-39-41-43-45-47-49-51-53-55-57-59-61-63-65-67-74(79)85-72(71-84-76(75(80)81)82-69-68-77(3,4)5)70-83-73(78)66-64-62-60-58-56-54-52-50-48-46-44-42-40-38-35-33-31-29-27-25-23-21-19-17-15-13-11-9-7-2/h8,10,14,16,19-22,25-28,31-34,37,39,43,45,49,51,72,76H,6-7,9,11-13,15,17-18,23-24,29-30,35-36,38,40-42,44,46-48,50,52-71H2,1-5H3/b10-8-,16-14-,21-19-,22-20-,27-25-,28-26-,33-31-,34-32-,39-37-,45-43-,51-49-. The number of nitrogens with zero attached hydrogens (tertiary/aromatic N) is 1. The minimum Gasteiger partial charge on any atom is -0.545 e. The van der Waals surface area contributed by atoms with Gasteiger partial charge in [0.25, 0.3) is 0 Å². The second-order valence-corrected chi connectivity index (χ2v) is 23.7. The highest BCUT2D eigenvalue weighted by Crippen LogP contribution is 2.16. The molecule has 0 aromatic rings. The van der Waals surface area contributed by atoms with Crippen LogP contribution in [-0.4, -0.2) is 82.3 Å². The summed E-state index contributed by atoms with van der Waals surface area (Å²) >= 11 is 0. The summed E-state index contributed by atoms with van der Waals surface area (Å²) in [5.74, 6) is -2.31. The Bertz CT molecular complexity index is 1860. The van der Waals surface area contributed by atoms with Gasteiger partial charge >= 0.3 is 11.9 Å². The van der Waals surface area contributed by atoms with E-state index >= 15 is 0 Å². The third-order valence-electron chi connectivity index (χ3n) is 14.4. The first-order valence-corrected chi connectivity index (χ1v) is 34.3. The second-order valence-electron chi connectivity index (χ2n) is 23.7. The summed E-state index contributed by atoms with van der Waals surface area (Å²) in [6.45, 7) is 4.61. The van der Waals surface area contributed by atoms with E-state index in [0.29, 0.717) is 17.4 Å². The van der Waals surface area contributed by atoms with Gasteiger partial charge in [-0.3, -0.25) is 9.59 Å². The highest BCUT2D eigenvalue weighted by molar-refractivity contribution is 5.70. The molecule has 0 aliphatic rings. The van der Waals surface area contributed by atoms with Crippen molar-refractivity contribution >= 4 is 17.9 Å². The Balaban J connectivity index is 4.22. The lowest BCUT2D eigenvalue weighted by Gasteiger charge is -2.26.